The molecule has 0 amide bonds. The van der Waals surface area contributed by atoms with Crippen LogP contribution in [0.2, 0.25) is 0 Å². The van der Waals surface area contributed by atoms with Crippen LogP contribution in [0.5, 0.6) is 0 Å². The molecule has 0 aliphatic rings. The van der Waals surface area contributed by atoms with Crippen LogP contribution in [0.3, 0.4) is 0 Å². The lowest BCUT2D eigenvalue weighted by Gasteiger charge is -2.06. The molecule has 0 aliphatic carbocycles. The number of thiophene rings is 1. The molecular formula is C15H12N2O2S. The molecule has 3 rings (SSSR count). The summed E-state index contributed by atoms with van der Waals surface area (Å²) in [7, 11) is 0. The van der Waals surface area contributed by atoms with Crippen molar-refractivity contribution in [2.45, 2.75) is 13.5 Å². The summed E-state index contributed by atoms with van der Waals surface area (Å²) in [6, 6.07) is 9.11. The van der Waals surface area contributed by atoms with Crippen LogP contribution in [0.15, 0.2) is 46.8 Å². The first-order chi connectivity index (χ1) is 9.66. The fraction of sp³-hybridized carbons (Fsp3) is 0.133. The molecule has 0 fully saturated rings. The van der Waals surface area contributed by atoms with E-state index >= 15 is 0 Å². The molecule has 4 nitrogen and oxygen atoms in total. The van der Waals surface area contributed by atoms with Crippen LogP contribution >= 0.6 is 11.3 Å². The Morgan fingerprint density at radius 1 is 1.30 bits per heavy atom. The number of benzene rings is 1. The summed E-state index contributed by atoms with van der Waals surface area (Å²) in [6.45, 7) is 1.90. The van der Waals surface area contributed by atoms with E-state index in [-0.39, 0.29) is 17.9 Å². The maximum absolute atomic E-state index is 12.3. The first-order valence-corrected chi connectivity index (χ1v) is 7.06. The first-order valence-electron chi connectivity index (χ1n) is 6.18. The lowest BCUT2D eigenvalue weighted by Crippen LogP contribution is -2.24. The summed E-state index contributed by atoms with van der Waals surface area (Å²) in [6.07, 6.45) is 1.44. The maximum atomic E-state index is 12.3. The highest BCUT2D eigenvalue weighted by Crippen LogP contribution is 2.14. The van der Waals surface area contributed by atoms with Gasteiger partial charge in [0.1, 0.15) is 4.83 Å². The number of fused-ring (bicyclic) bond motifs is 1. The Hall–Kier alpha value is -2.27. The molecular weight excluding hydrogens is 272 g/mol. The third kappa shape index (κ3) is 2.16. The zero-order chi connectivity index (χ0) is 14.1. The molecule has 0 aliphatic heterocycles. The second-order valence-electron chi connectivity index (χ2n) is 4.56. The van der Waals surface area contributed by atoms with Crippen LogP contribution < -0.4 is 5.56 Å². The van der Waals surface area contributed by atoms with Gasteiger partial charge in [0, 0.05) is 5.56 Å². The van der Waals surface area contributed by atoms with Gasteiger partial charge in [-0.25, -0.2) is 4.98 Å². The molecule has 2 aromatic heterocycles. The minimum Gasteiger partial charge on any atom is -0.292 e. The summed E-state index contributed by atoms with van der Waals surface area (Å²) in [5.74, 6) is -0.0819. The van der Waals surface area contributed by atoms with Crippen molar-refractivity contribution >= 4 is 27.3 Å². The Morgan fingerprint density at radius 3 is 2.90 bits per heavy atom. The van der Waals surface area contributed by atoms with Gasteiger partial charge in [0.25, 0.3) is 5.56 Å². The van der Waals surface area contributed by atoms with Crippen molar-refractivity contribution in [3.63, 3.8) is 0 Å². The SMILES string of the molecule is Cc1ccccc1C(=O)Cn1cnc2sccc2c1=O. The van der Waals surface area contributed by atoms with Crippen LogP contribution in [0.25, 0.3) is 10.2 Å². The van der Waals surface area contributed by atoms with Crippen molar-refractivity contribution in [1.29, 1.82) is 0 Å². The van der Waals surface area contributed by atoms with Crippen LogP contribution in [0.4, 0.5) is 0 Å². The zero-order valence-electron chi connectivity index (χ0n) is 10.9. The number of hydrogen-bond acceptors (Lipinski definition) is 4. The summed E-state index contributed by atoms with van der Waals surface area (Å²) < 4.78 is 1.36. The minimum atomic E-state index is -0.168. The van der Waals surface area contributed by atoms with Crippen molar-refractivity contribution in [3.05, 3.63) is 63.5 Å². The van der Waals surface area contributed by atoms with Gasteiger partial charge in [-0.05, 0) is 23.9 Å². The Kier molecular flexibility index (Phi) is 3.20. The zero-order valence-corrected chi connectivity index (χ0v) is 11.7. The van der Waals surface area contributed by atoms with Gasteiger partial charge in [0.15, 0.2) is 5.78 Å². The number of nitrogens with zero attached hydrogens (tertiary/aromatic N) is 2. The molecule has 0 saturated carbocycles. The van der Waals surface area contributed by atoms with Crippen molar-refractivity contribution in [3.8, 4) is 0 Å². The molecule has 0 saturated heterocycles. The van der Waals surface area contributed by atoms with Crippen molar-refractivity contribution in [2.75, 3.05) is 0 Å². The largest absolute Gasteiger partial charge is 0.292 e. The molecule has 2 heterocycles. The van der Waals surface area contributed by atoms with E-state index in [1.165, 1.54) is 22.2 Å². The molecule has 0 N–H and O–H groups in total. The van der Waals surface area contributed by atoms with E-state index in [0.717, 1.165) is 5.56 Å². The predicted molar refractivity (Wildman–Crippen MR) is 79.4 cm³/mol. The molecule has 1 aromatic carbocycles. The summed E-state index contributed by atoms with van der Waals surface area (Å²) in [5.41, 5.74) is 1.39. The van der Waals surface area contributed by atoms with Gasteiger partial charge in [-0.1, -0.05) is 24.3 Å². The second-order valence-corrected chi connectivity index (χ2v) is 5.45. The lowest BCUT2D eigenvalue weighted by molar-refractivity contribution is 0.0970. The number of Topliss-reactive ketones (excluding diaryl/α,β-unsaturated/α-hetero) is 1. The first kappa shape index (κ1) is 12.7. The van der Waals surface area contributed by atoms with E-state index in [1.54, 1.807) is 12.1 Å². The number of rotatable bonds is 3. The van der Waals surface area contributed by atoms with E-state index < -0.39 is 0 Å². The van der Waals surface area contributed by atoms with E-state index in [4.69, 9.17) is 0 Å². The summed E-state index contributed by atoms with van der Waals surface area (Å²) in [5, 5.41) is 2.39. The predicted octanol–water partition coefficient (Wildman–Crippen LogP) is 2.65. The Morgan fingerprint density at radius 2 is 2.10 bits per heavy atom. The minimum absolute atomic E-state index is 0.0163. The van der Waals surface area contributed by atoms with E-state index in [2.05, 4.69) is 4.98 Å². The Bertz CT molecular complexity index is 848. The normalized spacial score (nSPS) is 10.8. The van der Waals surface area contributed by atoms with E-state index in [0.29, 0.717) is 15.8 Å². The van der Waals surface area contributed by atoms with Gasteiger partial charge >= 0.3 is 0 Å². The molecule has 0 unspecified atom stereocenters. The van der Waals surface area contributed by atoms with Gasteiger partial charge in [0.2, 0.25) is 0 Å². The summed E-state index contributed by atoms with van der Waals surface area (Å²) in [4.78, 5) is 29.4. The monoisotopic (exact) mass is 284 g/mol. The standard InChI is InChI=1S/C15H12N2O2S/c1-10-4-2-3-5-11(10)13(18)8-17-9-16-14-12(15(17)19)6-7-20-14/h2-7,9H,8H2,1H3. The Balaban J connectivity index is 1.97. The quantitative estimate of drug-likeness (QED) is 0.695. The number of carbonyl (C=O) groups excluding carboxylic acids is 1. The molecule has 100 valence electrons. The van der Waals surface area contributed by atoms with Gasteiger partial charge in [-0.15, -0.1) is 11.3 Å². The van der Waals surface area contributed by atoms with E-state index in [9.17, 15) is 9.59 Å². The summed E-state index contributed by atoms with van der Waals surface area (Å²) >= 11 is 1.42. The number of aromatic nitrogens is 2. The molecule has 3 aromatic rings. The number of aryl methyl sites for hydroxylation is 1. The van der Waals surface area contributed by atoms with Crippen LogP contribution in [0.1, 0.15) is 15.9 Å². The number of ketones is 1. The molecule has 20 heavy (non-hydrogen) atoms. The highest BCUT2D eigenvalue weighted by molar-refractivity contribution is 7.16. The fourth-order valence-corrected chi connectivity index (χ4v) is 2.85. The third-order valence-electron chi connectivity index (χ3n) is 3.21. The van der Waals surface area contributed by atoms with Crippen LogP contribution in [0, 0.1) is 6.92 Å². The third-order valence-corrected chi connectivity index (χ3v) is 4.03. The maximum Gasteiger partial charge on any atom is 0.262 e. The van der Waals surface area contributed by atoms with Crippen LogP contribution in [-0.4, -0.2) is 15.3 Å². The van der Waals surface area contributed by atoms with Gasteiger partial charge in [-0.2, -0.15) is 0 Å². The van der Waals surface area contributed by atoms with Crippen molar-refractivity contribution < 1.29 is 4.79 Å². The topological polar surface area (TPSA) is 52.0 Å². The highest BCUT2D eigenvalue weighted by atomic mass is 32.1. The molecule has 0 radical (unpaired) electrons. The van der Waals surface area contributed by atoms with Crippen molar-refractivity contribution in [1.82, 2.24) is 9.55 Å². The average molecular weight is 284 g/mol. The second kappa shape index (κ2) is 5.02. The highest BCUT2D eigenvalue weighted by Gasteiger charge is 2.12. The van der Waals surface area contributed by atoms with Gasteiger partial charge in [-0.3, -0.25) is 14.2 Å². The lowest BCUT2D eigenvalue weighted by atomic mass is 10.1. The number of hydrogen-bond donors (Lipinski definition) is 0. The molecule has 0 atom stereocenters. The van der Waals surface area contributed by atoms with Crippen molar-refractivity contribution in [2.24, 2.45) is 0 Å². The molecule has 5 heteroatoms. The molecule has 0 bridgehead atoms. The number of carbonyl (C=O) groups is 1. The van der Waals surface area contributed by atoms with Crippen LogP contribution in [-0.2, 0) is 6.54 Å². The fourth-order valence-electron chi connectivity index (χ4n) is 2.13. The van der Waals surface area contributed by atoms with E-state index in [1.807, 2.05) is 30.5 Å². The molecule has 0 spiro atoms. The van der Waals surface area contributed by atoms with Gasteiger partial charge in [0.05, 0.1) is 18.3 Å². The smallest absolute Gasteiger partial charge is 0.262 e. The van der Waals surface area contributed by atoms with Gasteiger partial charge < -0.3 is 0 Å². The average Bonchev–Trinajstić information content (AvgIpc) is 2.91. The Labute approximate surface area is 119 Å².